The van der Waals surface area contributed by atoms with Crippen LogP contribution in [0.3, 0.4) is 0 Å². The van der Waals surface area contributed by atoms with E-state index in [2.05, 4.69) is 11.4 Å². The molecule has 25 heavy (non-hydrogen) atoms. The van der Waals surface area contributed by atoms with E-state index in [0.717, 1.165) is 29.5 Å². The highest BCUT2D eigenvalue weighted by atomic mass is 16.1. The van der Waals surface area contributed by atoms with Gasteiger partial charge in [0.2, 0.25) is 0 Å². The van der Waals surface area contributed by atoms with Crippen molar-refractivity contribution in [2.75, 3.05) is 0 Å². The number of rotatable bonds is 4. The predicted octanol–water partition coefficient (Wildman–Crippen LogP) is 3.87. The van der Waals surface area contributed by atoms with Crippen molar-refractivity contribution in [3.8, 4) is 17.2 Å². The normalized spacial score (nSPS) is 24.7. The van der Waals surface area contributed by atoms with Gasteiger partial charge in [-0.3, -0.25) is 4.79 Å². The number of benzene rings is 2. The molecule has 2 atom stereocenters. The van der Waals surface area contributed by atoms with Gasteiger partial charge in [-0.2, -0.15) is 5.26 Å². The van der Waals surface area contributed by atoms with Crippen LogP contribution in [-0.2, 0) is 11.2 Å². The Bertz CT molecular complexity index is 807. The largest absolute Gasteiger partial charge is 0.311 e. The lowest BCUT2D eigenvalue weighted by atomic mass is 9.86. The van der Waals surface area contributed by atoms with E-state index in [0.29, 0.717) is 29.9 Å². The van der Waals surface area contributed by atoms with Gasteiger partial charge in [0.25, 0.3) is 0 Å². The summed E-state index contributed by atoms with van der Waals surface area (Å²) in [4.78, 5) is 12.7. The van der Waals surface area contributed by atoms with Gasteiger partial charge < -0.3 is 5.32 Å². The van der Waals surface area contributed by atoms with Crippen molar-refractivity contribution in [1.29, 1.82) is 5.26 Å². The average molecular weight is 330 g/mol. The Balaban J connectivity index is 1.46. The van der Waals surface area contributed by atoms with E-state index in [1.807, 2.05) is 48.5 Å². The van der Waals surface area contributed by atoms with Crippen molar-refractivity contribution in [2.45, 2.75) is 44.2 Å². The highest BCUT2D eigenvalue weighted by molar-refractivity contribution is 5.83. The topological polar surface area (TPSA) is 52.9 Å². The third kappa shape index (κ3) is 3.36. The minimum atomic E-state index is 0.220. The summed E-state index contributed by atoms with van der Waals surface area (Å²) in [7, 11) is 0. The van der Waals surface area contributed by atoms with Crippen LogP contribution in [0.5, 0.6) is 0 Å². The molecule has 0 radical (unpaired) electrons. The van der Waals surface area contributed by atoms with E-state index in [9.17, 15) is 10.1 Å². The van der Waals surface area contributed by atoms with E-state index < -0.39 is 0 Å². The van der Waals surface area contributed by atoms with Crippen LogP contribution in [-0.4, -0.2) is 17.9 Å². The fourth-order valence-electron chi connectivity index (χ4n) is 4.30. The maximum absolute atomic E-state index is 12.7. The summed E-state index contributed by atoms with van der Waals surface area (Å²) in [5.74, 6) is 0.598. The predicted molar refractivity (Wildman–Crippen MR) is 98.0 cm³/mol. The first-order chi connectivity index (χ1) is 12.2. The quantitative estimate of drug-likeness (QED) is 0.926. The van der Waals surface area contributed by atoms with Gasteiger partial charge in [-0.25, -0.2) is 0 Å². The highest BCUT2D eigenvalue weighted by Gasteiger charge is 2.36. The standard InChI is InChI=1S/C22H22N2O/c23-14-17-3-1-2-4-21(17)16-7-5-15(6-8-16)11-22(25)18-12-19-9-10-20(13-18)24-19/h1-8,18-20,24H,9-13H2. The van der Waals surface area contributed by atoms with Gasteiger partial charge in [-0.15, -0.1) is 0 Å². The maximum Gasteiger partial charge on any atom is 0.140 e. The molecule has 126 valence electrons. The van der Waals surface area contributed by atoms with Crippen LogP contribution in [0.25, 0.3) is 11.1 Å². The molecule has 4 rings (SSSR count). The molecular formula is C22H22N2O. The van der Waals surface area contributed by atoms with Crippen LogP contribution in [0.4, 0.5) is 0 Å². The second-order valence-corrected chi connectivity index (χ2v) is 7.30. The Labute approximate surface area is 148 Å². The van der Waals surface area contributed by atoms with Gasteiger partial charge in [0.1, 0.15) is 5.78 Å². The Hall–Kier alpha value is -2.44. The molecule has 2 fully saturated rings. The average Bonchev–Trinajstić information content (AvgIpc) is 3.00. The molecule has 2 aromatic carbocycles. The van der Waals surface area contributed by atoms with Crippen molar-refractivity contribution in [3.63, 3.8) is 0 Å². The molecule has 0 aromatic heterocycles. The summed E-state index contributed by atoms with van der Waals surface area (Å²) in [6, 6.07) is 19.0. The number of ketones is 1. The number of carbonyl (C=O) groups is 1. The third-order valence-corrected chi connectivity index (χ3v) is 5.62. The van der Waals surface area contributed by atoms with Crippen LogP contribution < -0.4 is 5.32 Å². The van der Waals surface area contributed by atoms with Crippen LogP contribution >= 0.6 is 0 Å². The summed E-state index contributed by atoms with van der Waals surface area (Å²) in [6.07, 6.45) is 4.97. The first kappa shape index (κ1) is 16.1. The minimum absolute atomic E-state index is 0.220. The van der Waals surface area contributed by atoms with Crippen molar-refractivity contribution >= 4 is 5.78 Å². The number of nitrogens with zero attached hydrogens (tertiary/aromatic N) is 1. The number of carbonyl (C=O) groups excluding carboxylic acids is 1. The first-order valence-corrected chi connectivity index (χ1v) is 9.10. The lowest BCUT2D eigenvalue weighted by Crippen LogP contribution is -2.40. The number of nitrogens with one attached hydrogen (secondary N) is 1. The number of hydrogen-bond donors (Lipinski definition) is 1. The number of piperidine rings is 1. The summed E-state index contributed by atoms with van der Waals surface area (Å²) >= 11 is 0. The third-order valence-electron chi connectivity index (χ3n) is 5.62. The minimum Gasteiger partial charge on any atom is -0.311 e. The van der Waals surface area contributed by atoms with E-state index >= 15 is 0 Å². The smallest absolute Gasteiger partial charge is 0.140 e. The highest BCUT2D eigenvalue weighted by Crippen LogP contribution is 2.32. The molecule has 2 aliphatic heterocycles. The summed E-state index contributed by atoms with van der Waals surface area (Å²) in [6.45, 7) is 0. The van der Waals surface area contributed by atoms with Crippen molar-refractivity contribution in [3.05, 3.63) is 59.7 Å². The fraction of sp³-hybridized carbons (Fsp3) is 0.364. The van der Waals surface area contributed by atoms with Crippen molar-refractivity contribution in [2.24, 2.45) is 5.92 Å². The zero-order valence-electron chi connectivity index (χ0n) is 14.2. The van der Waals surface area contributed by atoms with E-state index in [1.54, 1.807) is 0 Å². The molecule has 3 heteroatoms. The lowest BCUT2D eigenvalue weighted by molar-refractivity contribution is -0.123. The SMILES string of the molecule is N#Cc1ccccc1-c1ccc(CC(=O)C2CC3CCC(C2)N3)cc1. The molecular weight excluding hydrogens is 308 g/mol. The molecule has 1 N–H and O–H groups in total. The Kier molecular flexibility index (Phi) is 4.38. The Morgan fingerprint density at radius 1 is 1.04 bits per heavy atom. The zero-order chi connectivity index (χ0) is 17.2. The molecule has 2 aromatic rings. The van der Waals surface area contributed by atoms with Crippen LogP contribution in [0.15, 0.2) is 48.5 Å². The van der Waals surface area contributed by atoms with Gasteiger partial charge in [0.15, 0.2) is 0 Å². The van der Waals surface area contributed by atoms with Gasteiger partial charge in [-0.05, 0) is 48.4 Å². The Morgan fingerprint density at radius 3 is 2.40 bits per heavy atom. The number of fused-ring (bicyclic) bond motifs is 2. The van der Waals surface area contributed by atoms with Crippen molar-refractivity contribution < 1.29 is 4.79 Å². The number of Topliss-reactive ketones (excluding diaryl/α,β-unsaturated/α-hetero) is 1. The molecule has 2 unspecified atom stereocenters. The van der Waals surface area contributed by atoms with Gasteiger partial charge in [-0.1, -0.05) is 42.5 Å². The lowest BCUT2D eigenvalue weighted by Gasteiger charge is -2.28. The number of nitriles is 1. The number of hydrogen-bond acceptors (Lipinski definition) is 3. The van der Waals surface area contributed by atoms with Crippen LogP contribution in [0, 0.1) is 17.2 Å². The van der Waals surface area contributed by atoms with E-state index in [-0.39, 0.29) is 5.92 Å². The van der Waals surface area contributed by atoms with Crippen molar-refractivity contribution in [1.82, 2.24) is 5.32 Å². The monoisotopic (exact) mass is 330 g/mol. The summed E-state index contributed by atoms with van der Waals surface area (Å²) in [5.41, 5.74) is 3.71. The molecule has 0 saturated carbocycles. The van der Waals surface area contributed by atoms with Gasteiger partial charge in [0, 0.05) is 24.4 Å². The van der Waals surface area contributed by atoms with E-state index in [4.69, 9.17) is 0 Å². The molecule has 2 bridgehead atoms. The molecule has 2 saturated heterocycles. The maximum atomic E-state index is 12.7. The molecule has 3 nitrogen and oxygen atoms in total. The first-order valence-electron chi connectivity index (χ1n) is 9.10. The molecule has 2 aliphatic rings. The van der Waals surface area contributed by atoms with Crippen LogP contribution in [0.2, 0.25) is 0 Å². The van der Waals surface area contributed by atoms with E-state index in [1.165, 1.54) is 12.8 Å². The Morgan fingerprint density at radius 2 is 1.72 bits per heavy atom. The van der Waals surface area contributed by atoms with Crippen LogP contribution in [0.1, 0.15) is 36.8 Å². The molecule has 0 aliphatic carbocycles. The second kappa shape index (κ2) is 6.82. The molecule has 0 amide bonds. The second-order valence-electron chi connectivity index (χ2n) is 7.30. The molecule has 0 spiro atoms. The fourth-order valence-corrected chi connectivity index (χ4v) is 4.30. The summed E-state index contributed by atoms with van der Waals surface area (Å²) < 4.78 is 0. The van der Waals surface area contributed by atoms with Gasteiger partial charge in [0.05, 0.1) is 11.6 Å². The molecule has 2 heterocycles. The summed E-state index contributed by atoms with van der Waals surface area (Å²) in [5, 5.41) is 12.8. The zero-order valence-corrected chi connectivity index (χ0v) is 14.2. The van der Waals surface area contributed by atoms with Gasteiger partial charge >= 0.3 is 0 Å².